The van der Waals surface area contributed by atoms with Gasteiger partial charge in [-0.3, -0.25) is 10.00 Å². The normalized spacial score (nSPS) is 30.2. The summed E-state index contributed by atoms with van der Waals surface area (Å²) in [5.41, 5.74) is 1.29. The third kappa shape index (κ3) is 2.45. The highest BCUT2D eigenvalue weighted by Gasteiger charge is 2.54. The first-order valence-electron chi connectivity index (χ1n) is 9.40. The topological polar surface area (TPSA) is 50.2 Å². The van der Waals surface area contributed by atoms with E-state index < -0.39 is 0 Å². The van der Waals surface area contributed by atoms with Gasteiger partial charge in [0.1, 0.15) is 0 Å². The number of nitrogens with zero attached hydrogens (tertiary/aromatic N) is 3. The van der Waals surface area contributed by atoms with Crippen molar-refractivity contribution in [2.75, 3.05) is 11.9 Å². The third-order valence-corrected chi connectivity index (χ3v) is 6.14. The Bertz CT molecular complexity index is 627. The van der Waals surface area contributed by atoms with Crippen LogP contribution in [0.2, 0.25) is 0 Å². The van der Waals surface area contributed by atoms with Gasteiger partial charge in [0.15, 0.2) is 5.82 Å². The molecule has 2 amide bonds. The van der Waals surface area contributed by atoms with Crippen molar-refractivity contribution >= 4 is 11.8 Å². The molecule has 1 N–H and O–H groups in total. The van der Waals surface area contributed by atoms with E-state index in [1.807, 2.05) is 0 Å². The van der Waals surface area contributed by atoms with E-state index in [-0.39, 0.29) is 6.03 Å². The number of hydrogen-bond donors (Lipinski definition) is 1. The quantitative estimate of drug-likeness (QED) is 0.905. The van der Waals surface area contributed by atoms with E-state index in [4.69, 9.17) is 0 Å². The average Bonchev–Trinajstić information content (AvgIpc) is 3.32. The molecule has 3 saturated carbocycles. The van der Waals surface area contributed by atoms with Crippen molar-refractivity contribution in [1.29, 1.82) is 0 Å². The number of carbonyl (C=O) groups excluding carboxylic acids is 1. The van der Waals surface area contributed by atoms with Crippen molar-refractivity contribution in [2.24, 2.45) is 17.8 Å². The molecule has 1 saturated heterocycles. The van der Waals surface area contributed by atoms with Crippen LogP contribution in [-0.4, -0.2) is 33.3 Å². The van der Waals surface area contributed by atoms with Crippen molar-refractivity contribution in [3.05, 3.63) is 11.8 Å². The maximum absolute atomic E-state index is 12.7. The largest absolute Gasteiger partial charge is 0.323 e. The summed E-state index contributed by atoms with van der Waals surface area (Å²) in [7, 11) is 0. The highest BCUT2D eigenvalue weighted by atomic mass is 16.2. The fraction of sp³-hybridized carbons (Fsp3) is 0.778. The Kier molecular flexibility index (Phi) is 3.01. The number of aromatic nitrogens is 2. The number of carbonyl (C=O) groups is 1. The SMILES string of the molecule is CCn1nc(NC(=O)N2CC(C3CC3)C2C2CC2)cc1C1CC1. The lowest BCUT2D eigenvalue weighted by Gasteiger charge is -2.48. The summed E-state index contributed by atoms with van der Waals surface area (Å²) < 4.78 is 2.05. The summed E-state index contributed by atoms with van der Waals surface area (Å²) in [6.45, 7) is 3.95. The van der Waals surface area contributed by atoms with E-state index in [0.717, 1.165) is 36.7 Å². The van der Waals surface area contributed by atoms with Crippen molar-refractivity contribution in [1.82, 2.24) is 14.7 Å². The fourth-order valence-electron chi connectivity index (χ4n) is 4.40. The first-order chi connectivity index (χ1) is 11.2. The highest BCUT2D eigenvalue weighted by Crippen LogP contribution is 2.52. The second-order valence-electron chi connectivity index (χ2n) is 7.96. The molecule has 0 radical (unpaired) electrons. The van der Waals surface area contributed by atoms with Crippen LogP contribution in [0.1, 0.15) is 57.1 Å². The van der Waals surface area contributed by atoms with Crippen LogP contribution in [0, 0.1) is 17.8 Å². The molecule has 4 aliphatic rings. The molecule has 0 aromatic carbocycles. The molecule has 1 aliphatic heterocycles. The van der Waals surface area contributed by atoms with Gasteiger partial charge in [-0.15, -0.1) is 0 Å². The van der Waals surface area contributed by atoms with E-state index in [1.165, 1.54) is 44.2 Å². The minimum atomic E-state index is 0.0712. The number of urea groups is 1. The molecule has 2 heterocycles. The number of rotatable bonds is 5. The third-order valence-electron chi connectivity index (χ3n) is 6.14. The number of nitrogens with one attached hydrogen (secondary N) is 1. The molecular formula is C18H26N4O. The summed E-state index contributed by atoms with van der Waals surface area (Å²) in [6.07, 6.45) is 7.92. The van der Waals surface area contributed by atoms with Gasteiger partial charge in [0.2, 0.25) is 0 Å². The van der Waals surface area contributed by atoms with E-state index in [2.05, 4.69) is 33.0 Å². The van der Waals surface area contributed by atoms with Gasteiger partial charge in [0.25, 0.3) is 0 Å². The number of likely N-dealkylation sites (tertiary alicyclic amines) is 1. The van der Waals surface area contributed by atoms with Crippen LogP contribution in [0.15, 0.2) is 6.07 Å². The molecular weight excluding hydrogens is 288 g/mol. The Hall–Kier alpha value is -1.52. The van der Waals surface area contributed by atoms with Crippen molar-refractivity contribution in [2.45, 2.75) is 64.0 Å². The molecule has 4 fully saturated rings. The van der Waals surface area contributed by atoms with Gasteiger partial charge in [-0.2, -0.15) is 5.10 Å². The smallest absolute Gasteiger partial charge is 0.321 e. The molecule has 2 atom stereocenters. The average molecular weight is 314 g/mol. The zero-order valence-corrected chi connectivity index (χ0v) is 13.9. The van der Waals surface area contributed by atoms with Gasteiger partial charge in [0, 0.05) is 42.7 Å². The molecule has 5 heteroatoms. The first-order valence-corrected chi connectivity index (χ1v) is 9.40. The van der Waals surface area contributed by atoms with Gasteiger partial charge in [-0.1, -0.05) is 0 Å². The molecule has 1 aromatic heterocycles. The van der Waals surface area contributed by atoms with Crippen LogP contribution < -0.4 is 5.32 Å². The molecule has 23 heavy (non-hydrogen) atoms. The maximum Gasteiger partial charge on any atom is 0.323 e. The number of anilines is 1. The lowest BCUT2D eigenvalue weighted by Crippen LogP contribution is -2.61. The summed E-state index contributed by atoms with van der Waals surface area (Å²) >= 11 is 0. The van der Waals surface area contributed by atoms with Crippen LogP contribution >= 0.6 is 0 Å². The number of hydrogen-bond acceptors (Lipinski definition) is 2. The number of aryl methyl sites for hydroxylation is 1. The van der Waals surface area contributed by atoms with Gasteiger partial charge < -0.3 is 4.90 Å². The van der Waals surface area contributed by atoms with Crippen LogP contribution in [0.5, 0.6) is 0 Å². The van der Waals surface area contributed by atoms with Crippen molar-refractivity contribution in [3.63, 3.8) is 0 Å². The molecule has 2 unspecified atom stereocenters. The Morgan fingerprint density at radius 2 is 1.96 bits per heavy atom. The van der Waals surface area contributed by atoms with Crippen LogP contribution in [0.3, 0.4) is 0 Å². The lowest BCUT2D eigenvalue weighted by atomic mass is 9.81. The molecule has 5 rings (SSSR count). The summed E-state index contributed by atoms with van der Waals surface area (Å²) in [5, 5.41) is 7.65. The first kappa shape index (κ1) is 13.9. The zero-order valence-electron chi connectivity index (χ0n) is 13.9. The molecule has 1 aromatic rings. The number of amides is 2. The molecule has 124 valence electrons. The molecule has 3 aliphatic carbocycles. The highest BCUT2D eigenvalue weighted by molar-refractivity contribution is 5.89. The Labute approximate surface area is 137 Å². The van der Waals surface area contributed by atoms with Crippen LogP contribution in [0.4, 0.5) is 10.6 Å². The lowest BCUT2D eigenvalue weighted by molar-refractivity contribution is 0.0289. The second-order valence-corrected chi connectivity index (χ2v) is 7.96. The van der Waals surface area contributed by atoms with Crippen molar-refractivity contribution < 1.29 is 4.79 Å². The Morgan fingerprint density at radius 3 is 2.57 bits per heavy atom. The predicted molar refractivity (Wildman–Crippen MR) is 88.3 cm³/mol. The standard InChI is InChI=1S/C18H26N4O/c1-2-22-15(12-5-6-12)9-16(20-22)19-18(23)21-10-14(11-3-4-11)17(21)13-7-8-13/h9,11-14,17H,2-8,10H2,1H3,(H,19,20,23). The molecule has 0 bridgehead atoms. The van der Waals surface area contributed by atoms with E-state index in [9.17, 15) is 4.79 Å². The van der Waals surface area contributed by atoms with Gasteiger partial charge in [-0.05, 0) is 57.3 Å². The van der Waals surface area contributed by atoms with Crippen molar-refractivity contribution in [3.8, 4) is 0 Å². The van der Waals surface area contributed by atoms with E-state index in [0.29, 0.717) is 12.0 Å². The molecule has 5 nitrogen and oxygen atoms in total. The fourth-order valence-corrected chi connectivity index (χ4v) is 4.40. The Balaban J connectivity index is 1.28. The summed E-state index contributed by atoms with van der Waals surface area (Å²) in [5.74, 6) is 3.86. The minimum absolute atomic E-state index is 0.0712. The maximum atomic E-state index is 12.7. The monoisotopic (exact) mass is 314 g/mol. The van der Waals surface area contributed by atoms with Gasteiger partial charge in [-0.25, -0.2) is 4.79 Å². The van der Waals surface area contributed by atoms with Gasteiger partial charge in [0.05, 0.1) is 0 Å². The summed E-state index contributed by atoms with van der Waals surface area (Å²) in [4.78, 5) is 14.8. The van der Waals surface area contributed by atoms with E-state index in [1.54, 1.807) is 0 Å². The van der Waals surface area contributed by atoms with E-state index >= 15 is 0 Å². The van der Waals surface area contributed by atoms with Crippen LogP contribution in [-0.2, 0) is 6.54 Å². The summed E-state index contributed by atoms with van der Waals surface area (Å²) in [6, 6.07) is 2.67. The molecule has 0 spiro atoms. The van der Waals surface area contributed by atoms with Gasteiger partial charge >= 0.3 is 6.03 Å². The van der Waals surface area contributed by atoms with Crippen LogP contribution in [0.25, 0.3) is 0 Å². The predicted octanol–water partition coefficient (Wildman–Crippen LogP) is 3.43. The second kappa shape index (κ2) is 4.99. The Morgan fingerprint density at radius 1 is 1.22 bits per heavy atom. The zero-order chi connectivity index (χ0) is 15.6. The minimum Gasteiger partial charge on any atom is -0.321 e.